The Kier molecular flexibility index (Phi) is 5.86. The largest absolute Gasteiger partial charge is 0.457 e. The van der Waals surface area contributed by atoms with Crippen LogP contribution in [0.3, 0.4) is 0 Å². The van der Waals surface area contributed by atoms with E-state index in [1.54, 1.807) is 0 Å². The molecule has 0 aliphatic carbocycles. The standard InChI is InChI=1S/C46H33NO/c1-30-13-2-5-18-37(30)46(39-20-7-10-23-43(39)48-44-24-11-8-21-40(44)46)38-19-6-3-14-32(38)27-25-31-26-28-42-36(29-31)35-17-12-16-34-33-15-4-9-22-41(33)47(42)45(34)35/h2-24,26,28-29H,25,27H2,1H3. The lowest BCUT2D eigenvalue weighted by Crippen LogP contribution is -2.36. The molecule has 2 nitrogen and oxygen atoms in total. The highest BCUT2D eigenvalue weighted by molar-refractivity contribution is 6.23. The molecule has 7 aromatic carbocycles. The van der Waals surface area contributed by atoms with Gasteiger partial charge in [-0.3, -0.25) is 0 Å². The van der Waals surface area contributed by atoms with Crippen LogP contribution in [0.15, 0.2) is 158 Å². The molecular weight excluding hydrogens is 583 g/mol. The van der Waals surface area contributed by atoms with Crippen molar-refractivity contribution < 1.29 is 4.74 Å². The molecule has 0 bridgehead atoms. The first-order chi connectivity index (χ1) is 23.7. The van der Waals surface area contributed by atoms with Gasteiger partial charge >= 0.3 is 0 Å². The van der Waals surface area contributed by atoms with E-state index in [2.05, 4.69) is 169 Å². The summed E-state index contributed by atoms with van der Waals surface area (Å²) >= 11 is 0. The highest BCUT2D eigenvalue weighted by Gasteiger charge is 2.46. The zero-order chi connectivity index (χ0) is 31.8. The lowest BCUT2D eigenvalue weighted by molar-refractivity contribution is 0.433. The first-order valence-electron chi connectivity index (χ1n) is 16.9. The van der Waals surface area contributed by atoms with Gasteiger partial charge in [-0.2, -0.15) is 0 Å². The van der Waals surface area contributed by atoms with E-state index in [1.807, 2.05) is 0 Å². The molecule has 9 aromatic rings. The van der Waals surface area contributed by atoms with Gasteiger partial charge in [0.25, 0.3) is 0 Å². The molecule has 0 radical (unpaired) electrons. The molecule has 1 aliphatic rings. The van der Waals surface area contributed by atoms with Gasteiger partial charge in [-0.05, 0) is 77.9 Å². The summed E-state index contributed by atoms with van der Waals surface area (Å²) in [4.78, 5) is 0. The minimum atomic E-state index is -0.522. The van der Waals surface area contributed by atoms with E-state index in [4.69, 9.17) is 4.74 Å². The van der Waals surface area contributed by atoms with Crippen LogP contribution < -0.4 is 4.74 Å². The minimum absolute atomic E-state index is 0.522. The molecule has 0 unspecified atom stereocenters. The fraction of sp³-hybridized carbons (Fsp3) is 0.0870. The zero-order valence-corrected chi connectivity index (χ0v) is 26.8. The van der Waals surface area contributed by atoms with Crippen LogP contribution in [0.25, 0.3) is 38.1 Å². The number of benzene rings is 7. The van der Waals surface area contributed by atoms with Crippen molar-refractivity contribution in [3.8, 4) is 11.5 Å². The predicted octanol–water partition coefficient (Wildman–Crippen LogP) is 11.4. The number of fused-ring (bicyclic) bond motifs is 8. The Morgan fingerprint density at radius 2 is 1.06 bits per heavy atom. The Morgan fingerprint density at radius 1 is 0.479 bits per heavy atom. The third kappa shape index (κ3) is 3.69. The van der Waals surface area contributed by atoms with Crippen molar-refractivity contribution in [1.29, 1.82) is 0 Å². The smallest absolute Gasteiger partial charge is 0.132 e. The summed E-state index contributed by atoms with van der Waals surface area (Å²) in [5, 5.41) is 5.30. The van der Waals surface area contributed by atoms with E-state index >= 15 is 0 Å². The Bertz CT molecular complexity index is 2610. The lowest BCUT2D eigenvalue weighted by Gasteiger charge is -2.43. The van der Waals surface area contributed by atoms with Crippen LogP contribution in [0.1, 0.15) is 38.9 Å². The third-order valence-electron chi connectivity index (χ3n) is 10.7. The van der Waals surface area contributed by atoms with Crippen molar-refractivity contribution in [3.05, 3.63) is 197 Å². The Hall–Kier alpha value is -5.86. The highest BCUT2D eigenvalue weighted by atomic mass is 16.5. The van der Waals surface area contributed by atoms with Gasteiger partial charge in [0, 0.05) is 32.7 Å². The fourth-order valence-corrected chi connectivity index (χ4v) is 8.73. The van der Waals surface area contributed by atoms with Gasteiger partial charge in [0.05, 0.1) is 22.0 Å². The van der Waals surface area contributed by atoms with Crippen LogP contribution in [-0.4, -0.2) is 4.40 Å². The average molecular weight is 616 g/mol. The maximum absolute atomic E-state index is 6.60. The van der Waals surface area contributed by atoms with Gasteiger partial charge in [0.2, 0.25) is 0 Å². The molecular formula is C46H33NO. The Balaban J connectivity index is 1.14. The van der Waals surface area contributed by atoms with Gasteiger partial charge in [-0.25, -0.2) is 0 Å². The number of rotatable bonds is 5. The first-order valence-corrected chi connectivity index (χ1v) is 16.9. The molecule has 0 amide bonds. The minimum Gasteiger partial charge on any atom is -0.457 e. The Morgan fingerprint density at radius 3 is 1.83 bits per heavy atom. The second-order valence-electron chi connectivity index (χ2n) is 13.2. The molecule has 3 heterocycles. The summed E-state index contributed by atoms with van der Waals surface area (Å²) in [5.41, 5.74) is 12.3. The van der Waals surface area contributed by atoms with Crippen molar-refractivity contribution in [1.82, 2.24) is 4.40 Å². The molecule has 1 aliphatic heterocycles. The first kappa shape index (κ1) is 27.3. The topological polar surface area (TPSA) is 13.6 Å². The van der Waals surface area contributed by atoms with E-state index in [-0.39, 0.29) is 0 Å². The summed E-state index contributed by atoms with van der Waals surface area (Å²) in [6, 6.07) is 57.8. The monoisotopic (exact) mass is 615 g/mol. The normalized spacial score (nSPS) is 13.6. The number of hydrogen-bond acceptors (Lipinski definition) is 1. The molecule has 228 valence electrons. The molecule has 0 fully saturated rings. The van der Waals surface area contributed by atoms with Crippen molar-refractivity contribution in [2.75, 3.05) is 0 Å². The molecule has 2 heteroatoms. The second kappa shape index (κ2) is 10.3. The quantitative estimate of drug-likeness (QED) is 0.188. The molecule has 0 saturated heterocycles. The Labute approximate surface area is 279 Å². The van der Waals surface area contributed by atoms with E-state index in [0.717, 1.165) is 24.3 Å². The molecule has 10 rings (SSSR count). The van der Waals surface area contributed by atoms with Crippen LogP contribution in [0.4, 0.5) is 0 Å². The maximum atomic E-state index is 6.60. The van der Waals surface area contributed by atoms with E-state index in [0.29, 0.717) is 0 Å². The maximum Gasteiger partial charge on any atom is 0.132 e. The van der Waals surface area contributed by atoms with Crippen LogP contribution >= 0.6 is 0 Å². The molecule has 2 aromatic heterocycles. The van der Waals surface area contributed by atoms with Gasteiger partial charge in [-0.1, -0.05) is 127 Å². The van der Waals surface area contributed by atoms with Crippen LogP contribution in [0, 0.1) is 6.92 Å². The van der Waals surface area contributed by atoms with Crippen molar-refractivity contribution in [3.63, 3.8) is 0 Å². The lowest BCUT2D eigenvalue weighted by atomic mass is 9.61. The van der Waals surface area contributed by atoms with Gasteiger partial charge in [0.1, 0.15) is 11.5 Å². The average Bonchev–Trinajstić information content (AvgIpc) is 3.66. The van der Waals surface area contributed by atoms with E-state index in [9.17, 15) is 0 Å². The highest BCUT2D eigenvalue weighted by Crippen LogP contribution is 2.56. The predicted molar refractivity (Wildman–Crippen MR) is 198 cm³/mol. The molecule has 48 heavy (non-hydrogen) atoms. The summed E-state index contributed by atoms with van der Waals surface area (Å²) < 4.78 is 9.05. The number of aryl methyl sites for hydroxylation is 3. The van der Waals surface area contributed by atoms with Crippen molar-refractivity contribution in [2.45, 2.75) is 25.2 Å². The van der Waals surface area contributed by atoms with Crippen LogP contribution in [0.5, 0.6) is 11.5 Å². The van der Waals surface area contributed by atoms with Gasteiger partial charge in [0.15, 0.2) is 0 Å². The molecule has 0 atom stereocenters. The number of para-hydroxylation sites is 4. The van der Waals surface area contributed by atoms with Gasteiger partial charge in [-0.15, -0.1) is 0 Å². The molecule has 0 N–H and O–H groups in total. The van der Waals surface area contributed by atoms with E-state index in [1.165, 1.54) is 77.0 Å². The molecule has 0 saturated carbocycles. The van der Waals surface area contributed by atoms with Crippen LogP contribution in [-0.2, 0) is 18.3 Å². The summed E-state index contributed by atoms with van der Waals surface area (Å²) in [6.45, 7) is 2.24. The summed E-state index contributed by atoms with van der Waals surface area (Å²) in [7, 11) is 0. The fourth-order valence-electron chi connectivity index (χ4n) is 8.73. The van der Waals surface area contributed by atoms with Crippen molar-refractivity contribution >= 4 is 38.1 Å². The number of aromatic nitrogens is 1. The number of hydrogen-bond donors (Lipinski definition) is 0. The van der Waals surface area contributed by atoms with E-state index < -0.39 is 5.41 Å². The summed E-state index contributed by atoms with van der Waals surface area (Å²) in [6.07, 6.45) is 1.87. The summed E-state index contributed by atoms with van der Waals surface area (Å²) in [5.74, 6) is 1.83. The molecule has 0 spiro atoms. The number of nitrogens with zero attached hydrogens (tertiary/aromatic N) is 1. The SMILES string of the molecule is Cc1ccccc1C1(c2ccccc2CCc2ccc3c(c2)c2cccc4c5ccccc5n3c42)c2ccccc2Oc2ccccc21. The number of ether oxygens (including phenoxy) is 1. The van der Waals surface area contributed by atoms with Gasteiger partial charge < -0.3 is 9.14 Å². The second-order valence-corrected chi connectivity index (χ2v) is 13.2. The van der Waals surface area contributed by atoms with Crippen LogP contribution in [0.2, 0.25) is 0 Å². The van der Waals surface area contributed by atoms with Crippen molar-refractivity contribution in [2.24, 2.45) is 0 Å². The zero-order valence-electron chi connectivity index (χ0n) is 26.8. The third-order valence-corrected chi connectivity index (χ3v) is 10.7.